The Bertz CT molecular complexity index is 1080. The number of nitrogens with zero attached hydrogens (tertiary/aromatic N) is 1. The Morgan fingerprint density at radius 3 is 2.89 bits per heavy atom. The lowest BCUT2D eigenvalue weighted by molar-refractivity contribution is 0.483. The van der Waals surface area contributed by atoms with Gasteiger partial charge in [0.15, 0.2) is 0 Å². The van der Waals surface area contributed by atoms with Gasteiger partial charge in [-0.2, -0.15) is 0 Å². The molecule has 0 spiro atoms. The number of rotatable bonds is 4. The molecule has 1 atom stereocenters. The van der Waals surface area contributed by atoms with Crippen molar-refractivity contribution in [3.8, 4) is 0 Å². The monoisotopic (exact) mass is 419 g/mol. The van der Waals surface area contributed by atoms with Gasteiger partial charge in [-0.1, -0.05) is 34.1 Å². The summed E-state index contributed by atoms with van der Waals surface area (Å²) in [5.41, 5.74) is 6.58. The van der Waals surface area contributed by atoms with Crippen molar-refractivity contribution >= 4 is 32.5 Å². The predicted octanol–water partition coefficient (Wildman–Crippen LogP) is 6.27. The summed E-state index contributed by atoms with van der Waals surface area (Å²) in [6.07, 6.45) is 8.08. The summed E-state index contributed by atoms with van der Waals surface area (Å²) in [6, 6.07) is 19.5. The molecule has 2 aromatic carbocycles. The van der Waals surface area contributed by atoms with Gasteiger partial charge in [-0.3, -0.25) is 0 Å². The third kappa shape index (κ3) is 3.19. The Morgan fingerprint density at radius 1 is 1.11 bits per heavy atom. The molecule has 3 nitrogen and oxygen atoms in total. The highest BCUT2D eigenvalue weighted by Gasteiger charge is 2.25. The fraction of sp³-hybridized carbons (Fsp3) is 0.217. The number of fused-ring (bicyclic) bond motifs is 3. The fourth-order valence-electron chi connectivity index (χ4n) is 4.23. The molecule has 27 heavy (non-hydrogen) atoms. The molecule has 0 radical (unpaired) electrons. The number of aryl methyl sites for hydroxylation is 1. The number of hydrogen-bond donors (Lipinski definition) is 2. The van der Waals surface area contributed by atoms with E-state index in [0.717, 1.165) is 23.1 Å². The van der Waals surface area contributed by atoms with Crippen LogP contribution in [0.15, 0.2) is 71.5 Å². The second-order valence-corrected chi connectivity index (χ2v) is 8.22. The van der Waals surface area contributed by atoms with Crippen molar-refractivity contribution in [2.24, 2.45) is 0 Å². The van der Waals surface area contributed by atoms with Gasteiger partial charge < -0.3 is 14.9 Å². The van der Waals surface area contributed by atoms with E-state index in [9.17, 15) is 0 Å². The SMILES string of the molecule is Brc1ccc2[nH]c3c(c2c1)CCCC3n1ccc(CNc2ccccc2)c1. The minimum Gasteiger partial charge on any atom is -0.381 e. The van der Waals surface area contributed by atoms with E-state index in [0.29, 0.717) is 6.04 Å². The molecule has 2 N–H and O–H groups in total. The van der Waals surface area contributed by atoms with E-state index < -0.39 is 0 Å². The van der Waals surface area contributed by atoms with Gasteiger partial charge in [-0.05, 0) is 66.8 Å². The Morgan fingerprint density at radius 2 is 2.00 bits per heavy atom. The van der Waals surface area contributed by atoms with Crippen molar-refractivity contribution in [2.75, 3.05) is 5.32 Å². The number of aromatic nitrogens is 2. The van der Waals surface area contributed by atoms with Crippen LogP contribution in [-0.4, -0.2) is 9.55 Å². The molecule has 4 heteroatoms. The molecular formula is C23H22BrN3. The summed E-state index contributed by atoms with van der Waals surface area (Å²) in [7, 11) is 0. The van der Waals surface area contributed by atoms with Gasteiger partial charge in [0, 0.05) is 45.7 Å². The normalized spacial score (nSPS) is 16.4. The second-order valence-electron chi connectivity index (χ2n) is 7.30. The molecular weight excluding hydrogens is 398 g/mol. The highest BCUT2D eigenvalue weighted by molar-refractivity contribution is 9.10. The number of hydrogen-bond acceptors (Lipinski definition) is 1. The van der Waals surface area contributed by atoms with Crippen molar-refractivity contribution < 1.29 is 0 Å². The molecule has 0 aliphatic heterocycles. The van der Waals surface area contributed by atoms with Gasteiger partial charge in [0.2, 0.25) is 0 Å². The quantitative estimate of drug-likeness (QED) is 0.401. The van der Waals surface area contributed by atoms with E-state index in [-0.39, 0.29) is 0 Å². The maximum absolute atomic E-state index is 3.70. The molecule has 0 amide bonds. The van der Waals surface area contributed by atoms with Crippen LogP contribution in [0.5, 0.6) is 0 Å². The summed E-state index contributed by atoms with van der Waals surface area (Å²) in [5, 5.41) is 4.86. The average Bonchev–Trinajstić information content (AvgIpc) is 3.31. The van der Waals surface area contributed by atoms with Crippen LogP contribution in [0.2, 0.25) is 0 Å². The highest BCUT2D eigenvalue weighted by Crippen LogP contribution is 2.38. The van der Waals surface area contributed by atoms with Gasteiger partial charge in [0.05, 0.1) is 6.04 Å². The standard InChI is InChI=1S/C23H22BrN3/c24-17-9-10-21-20(13-17)19-7-4-8-22(23(19)26-21)27-12-11-16(15-27)14-25-18-5-2-1-3-6-18/h1-3,5-6,9-13,15,22,25-26H,4,7-8,14H2. The smallest absolute Gasteiger partial charge is 0.0732 e. The van der Waals surface area contributed by atoms with Gasteiger partial charge in [-0.15, -0.1) is 0 Å². The first-order chi connectivity index (χ1) is 13.3. The largest absolute Gasteiger partial charge is 0.381 e. The van der Waals surface area contributed by atoms with E-state index in [1.807, 2.05) is 6.07 Å². The molecule has 0 bridgehead atoms. The van der Waals surface area contributed by atoms with Crippen molar-refractivity contribution in [3.05, 3.63) is 88.3 Å². The van der Waals surface area contributed by atoms with E-state index in [2.05, 4.69) is 91.7 Å². The number of anilines is 1. The molecule has 4 aromatic rings. The number of para-hydroxylation sites is 1. The zero-order valence-corrected chi connectivity index (χ0v) is 16.7. The highest BCUT2D eigenvalue weighted by atomic mass is 79.9. The van der Waals surface area contributed by atoms with Gasteiger partial charge in [-0.25, -0.2) is 0 Å². The Labute approximate surface area is 167 Å². The molecule has 5 rings (SSSR count). The Kier molecular flexibility index (Phi) is 4.29. The van der Waals surface area contributed by atoms with E-state index >= 15 is 0 Å². The van der Waals surface area contributed by atoms with Crippen LogP contribution in [0.3, 0.4) is 0 Å². The minimum absolute atomic E-state index is 0.394. The lowest BCUT2D eigenvalue weighted by atomic mass is 9.91. The summed E-state index contributed by atoms with van der Waals surface area (Å²) < 4.78 is 3.53. The van der Waals surface area contributed by atoms with Gasteiger partial charge >= 0.3 is 0 Å². The molecule has 1 unspecified atom stereocenters. The Balaban J connectivity index is 1.42. The van der Waals surface area contributed by atoms with Crippen LogP contribution >= 0.6 is 15.9 Å². The van der Waals surface area contributed by atoms with Crippen molar-refractivity contribution in [3.63, 3.8) is 0 Å². The first kappa shape index (κ1) is 16.7. The Hall–Kier alpha value is -2.46. The first-order valence-corrected chi connectivity index (χ1v) is 10.3. The number of benzene rings is 2. The van der Waals surface area contributed by atoms with E-state index in [4.69, 9.17) is 0 Å². The van der Waals surface area contributed by atoms with Crippen LogP contribution in [0.1, 0.15) is 35.7 Å². The van der Waals surface area contributed by atoms with Gasteiger partial charge in [0.25, 0.3) is 0 Å². The first-order valence-electron chi connectivity index (χ1n) is 9.53. The third-order valence-corrected chi connectivity index (χ3v) is 6.04. The summed E-state index contributed by atoms with van der Waals surface area (Å²) >= 11 is 3.62. The number of H-pyrrole nitrogens is 1. The van der Waals surface area contributed by atoms with E-state index in [1.165, 1.54) is 40.6 Å². The lowest BCUT2D eigenvalue weighted by Gasteiger charge is -2.24. The minimum atomic E-state index is 0.394. The van der Waals surface area contributed by atoms with Crippen molar-refractivity contribution in [1.29, 1.82) is 0 Å². The molecule has 1 aliphatic rings. The van der Waals surface area contributed by atoms with Crippen LogP contribution < -0.4 is 5.32 Å². The summed E-state index contributed by atoms with van der Waals surface area (Å²) in [5.74, 6) is 0. The fourth-order valence-corrected chi connectivity index (χ4v) is 4.59. The topological polar surface area (TPSA) is 32.8 Å². The molecule has 2 aromatic heterocycles. The zero-order chi connectivity index (χ0) is 18.2. The maximum atomic E-state index is 3.70. The van der Waals surface area contributed by atoms with Crippen molar-refractivity contribution in [2.45, 2.75) is 31.8 Å². The molecule has 0 saturated carbocycles. The maximum Gasteiger partial charge on any atom is 0.0732 e. The molecule has 1 aliphatic carbocycles. The van der Waals surface area contributed by atoms with Crippen LogP contribution in [0.4, 0.5) is 5.69 Å². The third-order valence-electron chi connectivity index (χ3n) is 5.54. The van der Waals surface area contributed by atoms with Crippen LogP contribution in [-0.2, 0) is 13.0 Å². The average molecular weight is 420 g/mol. The molecule has 2 heterocycles. The molecule has 136 valence electrons. The van der Waals surface area contributed by atoms with Crippen LogP contribution in [0.25, 0.3) is 10.9 Å². The van der Waals surface area contributed by atoms with Crippen molar-refractivity contribution in [1.82, 2.24) is 9.55 Å². The predicted molar refractivity (Wildman–Crippen MR) is 115 cm³/mol. The number of nitrogens with one attached hydrogen (secondary N) is 2. The van der Waals surface area contributed by atoms with Crippen LogP contribution in [0, 0.1) is 0 Å². The zero-order valence-electron chi connectivity index (χ0n) is 15.1. The second kappa shape index (κ2) is 6.93. The number of aromatic amines is 1. The number of halogens is 1. The summed E-state index contributed by atoms with van der Waals surface area (Å²) in [6.45, 7) is 0.843. The summed E-state index contributed by atoms with van der Waals surface area (Å²) in [4.78, 5) is 3.70. The van der Waals surface area contributed by atoms with E-state index in [1.54, 1.807) is 0 Å². The molecule has 0 fully saturated rings. The molecule has 0 saturated heterocycles. The lowest BCUT2D eigenvalue weighted by Crippen LogP contribution is -2.15. The van der Waals surface area contributed by atoms with Gasteiger partial charge in [0.1, 0.15) is 0 Å².